The van der Waals surface area contributed by atoms with E-state index in [2.05, 4.69) is 0 Å². The minimum atomic E-state index is -0.298. The Morgan fingerprint density at radius 3 is 2.52 bits per heavy atom. The molecule has 2 aromatic rings. The number of benzene rings is 2. The summed E-state index contributed by atoms with van der Waals surface area (Å²) >= 11 is 0. The third-order valence-corrected chi connectivity index (χ3v) is 3.69. The van der Waals surface area contributed by atoms with Crippen LogP contribution in [0.5, 0.6) is 17.2 Å². The van der Waals surface area contributed by atoms with Gasteiger partial charge >= 0.3 is 0 Å². The number of halogens is 1. The maximum Gasteiger partial charge on any atom is 0.123 e. The van der Waals surface area contributed by atoms with Gasteiger partial charge in [0.05, 0.1) is 20.8 Å². The molecule has 0 amide bonds. The van der Waals surface area contributed by atoms with Crippen molar-refractivity contribution in [3.63, 3.8) is 0 Å². The van der Waals surface area contributed by atoms with E-state index in [1.54, 1.807) is 20.3 Å². The first-order valence-corrected chi connectivity index (χ1v) is 7.48. The van der Waals surface area contributed by atoms with Gasteiger partial charge in [-0.3, -0.25) is 0 Å². The predicted octanol–water partition coefficient (Wildman–Crippen LogP) is 3.35. The number of ether oxygens (including phenoxy) is 3. The highest BCUT2D eigenvalue weighted by Gasteiger charge is 2.16. The fourth-order valence-corrected chi connectivity index (χ4v) is 2.43. The Morgan fingerprint density at radius 1 is 1.04 bits per heavy atom. The molecule has 2 N–H and O–H groups in total. The molecule has 1 unspecified atom stereocenters. The molecule has 0 saturated carbocycles. The summed E-state index contributed by atoms with van der Waals surface area (Å²) in [6.45, 7) is 0.857. The fourth-order valence-electron chi connectivity index (χ4n) is 2.43. The van der Waals surface area contributed by atoms with Crippen molar-refractivity contribution in [3.8, 4) is 17.2 Å². The summed E-state index contributed by atoms with van der Waals surface area (Å²) in [7, 11) is 3.18. The van der Waals surface area contributed by atoms with Crippen molar-refractivity contribution in [1.29, 1.82) is 0 Å². The maximum absolute atomic E-state index is 13.5. The molecule has 0 aromatic heterocycles. The molecule has 0 spiro atoms. The van der Waals surface area contributed by atoms with Crippen LogP contribution in [0.1, 0.15) is 17.9 Å². The van der Waals surface area contributed by atoms with E-state index in [0.717, 1.165) is 17.1 Å². The summed E-state index contributed by atoms with van der Waals surface area (Å²) < 4.78 is 29.7. The zero-order valence-corrected chi connectivity index (χ0v) is 13.4. The Balaban J connectivity index is 2.01. The summed E-state index contributed by atoms with van der Waals surface area (Å²) in [6.07, 6.45) is 0.660. The second-order valence-electron chi connectivity index (χ2n) is 5.14. The lowest BCUT2D eigenvalue weighted by atomic mass is 9.95. The molecule has 124 valence electrons. The van der Waals surface area contributed by atoms with Gasteiger partial charge in [0.2, 0.25) is 0 Å². The highest BCUT2D eigenvalue weighted by Crippen LogP contribution is 2.29. The number of rotatable bonds is 8. The molecule has 0 radical (unpaired) electrons. The van der Waals surface area contributed by atoms with E-state index in [4.69, 9.17) is 19.9 Å². The Morgan fingerprint density at radius 2 is 1.83 bits per heavy atom. The number of methoxy groups -OCH3 is 2. The summed E-state index contributed by atoms with van der Waals surface area (Å²) in [5, 5.41) is 0. The van der Waals surface area contributed by atoms with Crippen LogP contribution in [-0.4, -0.2) is 27.4 Å². The summed E-state index contributed by atoms with van der Waals surface area (Å²) in [4.78, 5) is 0. The van der Waals surface area contributed by atoms with Crippen molar-refractivity contribution in [3.05, 3.63) is 53.8 Å². The van der Waals surface area contributed by atoms with Crippen LogP contribution < -0.4 is 19.9 Å². The third-order valence-electron chi connectivity index (χ3n) is 3.69. The molecule has 0 aliphatic heterocycles. The fraction of sp³-hybridized carbons (Fsp3) is 0.333. The quantitative estimate of drug-likeness (QED) is 0.810. The van der Waals surface area contributed by atoms with E-state index in [-0.39, 0.29) is 11.7 Å². The van der Waals surface area contributed by atoms with E-state index in [9.17, 15) is 4.39 Å². The van der Waals surface area contributed by atoms with E-state index in [1.165, 1.54) is 12.1 Å². The topological polar surface area (TPSA) is 53.7 Å². The molecule has 0 bridgehead atoms. The molecule has 2 rings (SSSR count). The molecule has 0 saturated heterocycles. The van der Waals surface area contributed by atoms with Gasteiger partial charge in [0, 0.05) is 17.5 Å². The molecular formula is C18H22FNO3. The van der Waals surface area contributed by atoms with Gasteiger partial charge in [-0.15, -0.1) is 0 Å². The van der Waals surface area contributed by atoms with E-state index in [1.807, 2.05) is 24.3 Å². The molecule has 1 atom stereocenters. The van der Waals surface area contributed by atoms with E-state index in [0.29, 0.717) is 25.3 Å². The zero-order valence-electron chi connectivity index (χ0n) is 13.4. The lowest BCUT2D eigenvalue weighted by Crippen LogP contribution is -2.16. The average Bonchev–Trinajstić information content (AvgIpc) is 2.59. The van der Waals surface area contributed by atoms with Crippen molar-refractivity contribution < 1.29 is 18.6 Å². The van der Waals surface area contributed by atoms with Gasteiger partial charge < -0.3 is 19.9 Å². The Labute approximate surface area is 136 Å². The van der Waals surface area contributed by atoms with Gasteiger partial charge in [-0.05, 0) is 43.3 Å². The van der Waals surface area contributed by atoms with Crippen molar-refractivity contribution in [2.45, 2.75) is 12.3 Å². The van der Waals surface area contributed by atoms with Gasteiger partial charge in [0.25, 0.3) is 0 Å². The summed E-state index contributed by atoms with van der Waals surface area (Å²) in [5.41, 5.74) is 6.62. The van der Waals surface area contributed by atoms with Crippen LogP contribution in [0.4, 0.5) is 4.39 Å². The van der Waals surface area contributed by atoms with Gasteiger partial charge in [-0.25, -0.2) is 4.39 Å². The highest BCUT2D eigenvalue weighted by atomic mass is 19.1. The van der Waals surface area contributed by atoms with Crippen LogP contribution in [0.3, 0.4) is 0 Å². The van der Waals surface area contributed by atoms with Crippen LogP contribution in [0.15, 0.2) is 42.5 Å². The normalized spacial score (nSPS) is 11.8. The molecule has 0 aliphatic carbocycles. The van der Waals surface area contributed by atoms with Crippen molar-refractivity contribution >= 4 is 0 Å². The lowest BCUT2D eigenvalue weighted by molar-refractivity contribution is 0.294. The van der Waals surface area contributed by atoms with Gasteiger partial charge in [-0.2, -0.15) is 0 Å². The van der Waals surface area contributed by atoms with Crippen LogP contribution in [0.25, 0.3) is 0 Å². The minimum absolute atomic E-state index is 0.0359. The Hall–Kier alpha value is -2.27. The highest BCUT2D eigenvalue weighted by molar-refractivity contribution is 5.37. The first kappa shape index (κ1) is 17.1. The third kappa shape index (κ3) is 4.60. The number of nitrogens with two attached hydrogens (primary N) is 1. The van der Waals surface area contributed by atoms with E-state index >= 15 is 0 Å². The second kappa shape index (κ2) is 8.39. The van der Waals surface area contributed by atoms with Crippen LogP contribution in [0, 0.1) is 5.82 Å². The molecule has 0 fully saturated rings. The van der Waals surface area contributed by atoms with Crippen LogP contribution in [0.2, 0.25) is 0 Å². The first-order valence-electron chi connectivity index (χ1n) is 7.48. The average molecular weight is 319 g/mol. The molecule has 5 heteroatoms. The van der Waals surface area contributed by atoms with Gasteiger partial charge in [-0.1, -0.05) is 6.07 Å². The molecular weight excluding hydrogens is 297 g/mol. The summed E-state index contributed by atoms with van der Waals surface area (Å²) in [5.74, 6) is 1.78. The molecule has 2 aromatic carbocycles. The smallest absolute Gasteiger partial charge is 0.123 e. The number of hydrogen-bond acceptors (Lipinski definition) is 4. The van der Waals surface area contributed by atoms with Crippen molar-refractivity contribution in [1.82, 2.24) is 0 Å². The molecule has 23 heavy (non-hydrogen) atoms. The van der Waals surface area contributed by atoms with E-state index < -0.39 is 0 Å². The standard InChI is InChI=1S/C18H22FNO3/c1-21-15-4-3-5-16(11-15)23-9-8-13(12-20)17-10-14(19)6-7-18(17)22-2/h3-7,10-11,13H,8-9,12,20H2,1-2H3. The zero-order chi connectivity index (χ0) is 16.7. The van der Waals surface area contributed by atoms with Crippen molar-refractivity contribution in [2.75, 3.05) is 27.4 Å². The maximum atomic E-state index is 13.5. The number of hydrogen-bond donors (Lipinski definition) is 1. The molecule has 0 heterocycles. The summed E-state index contributed by atoms with van der Waals surface area (Å²) in [6, 6.07) is 11.9. The molecule has 4 nitrogen and oxygen atoms in total. The monoisotopic (exact) mass is 319 g/mol. The van der Waals surface area contributed by atoms with Gasteiger partial charge in [0.1, 0.15) is 23.1 Å². The predicted molar refractivity (Wildman–Crippen MR) is 87.9 cm³/mol. The minimum Gasteiger partial charge on any atom is -0.497 e. The van der Waals surface area contributed by atoms with Crippen molar-refractivity contribution in [2.24, 2.45) is 5.73 Å². The van der Waals surface area contributed by atoms with Crippen LogP contribution >= 0.6 is 0 Å². The molecule has 0 aliphatic rings. The SMILES string of the molecule is COc1cccc(OCCC(CN)c2cc(F)ccc2OC)c1. The van der Waals surface area contributed by atoms with Crippen LogP contribution in [-0.2, 0) is 0 Å². The lowest BCUT2D eigenvalue weighted by Gasteiger charge is -2.18. The second-order valence-corrected chi connectivity index (χ2v) is 5.14. The Kier molecular flexibility index (Phi) is 6.23. The largest absolute Gasteiger partial charge is 0.497 e. The van der Waals surface area contributed by atoms with Gasteiger partial charge in [0.15, 0.2) is 0 Å². The Bertz CT molecular complexity index is 633. The first-order chi connectivity index (χ1) is 11.2.